The topological polar surface area (TPSA) is 61.9 Å². The molecule has 1 spiro atoms. The lowest BCUT2D eigenvalue weighted by Crippen LogP contribution is -2.73. The van der Waals surface area contributed by atoms with E-state index in [2.05, 4.69) is 29.3 Å². The lowest BCUT2D eigenvalue weighted by atomic mass is 9.79. The van der Waals surface area contributed by atoms with Gasteiger partial charge in [0, 0.05) is 26.2 Å². The van der Waals surface area contributed by atoms with Crippen LogP contribution in [0.25, 0.3) is 0 Å². The molecular formula is C33H46ClN3O3. The number of nitrogens with zero attached hydrogens (tertiary/aromatic N) is 2. The quantitative estimate of drug-likeness (QED) is 0.362. The Balaban J connectivity index is 0.00000370. The van der Waals surface area contributed by atoms with Crippen molar-refractivity contribution < 1.29 is 14.3 Å². The molecule has 40 heavy (non-hydrogen) atoms. The number of likely N-dealkylation sites (tertiary alicyclic amines) is 1. The van der Waals surface area contributed by atoms with Crippen LogP contribution in [0, 0.1) is 5.92 Å². The van der Waals surface area contributed by atoms with Gasteiger partial charge in [-0.2, -0.15) is 0 Å². The van der Waals surface area contributed by atoms with E-state index in [4.69, 9.17) is 4.74 Å². The third-order valence-electron chi connectivity index (χ3n) is 9.14. The third kappa shape index (κ3) is 7.19. The first-order chi connectivity index (χ1) is 19.1. The number of unbranched alkanes of at least 4 members (excludes halogenated alkanes) is 1. The summed E-state index contributed by atoms with van der Waals surface area (Å²) in [6.45, 7) is 5.48. The normalized spacial score (nSPS) is 21.6. The van der Waals surface area contributed by atoms with Crippen molar-refractivity contribution in [2.24, 2.45) is 5.92 Å². The van der Waals surface area contributed by atoms with Crippen molar-refractivity contribution in [3.63, 3.8) is 0 Å². The van der Waals surface area contributed by atoms with Crippen LogP contribution >= 0.6 is 12.4 Å². The zero-order valence-corrected chi connectivity index (χ0v) is 24.8. The number of piperazine rings is 1. The Morgan fingerprint density at radius 2 is 1.57 bits per heavy atom. The molecule has 1 atom stereocenters. The number of hydrogen-bond acceptors (Lipinski definition) is 4. The predicted molar refractivity (Wildman–Crippen MR) is 162 cm³/mol. The second kappa shape index (κ2) is 14.4. The van der Waals surface area contributed by atoms with Crippen molar-refractivity contribution in [3.8, 4) is 11.5 Å². The lowest BCUT2D eigenvalue weighted by molar-refractivity contribution is -0.161. The largest absolute Gasteiger partial charge is 0.457 e. The van der Waals surface area contributed by atoms with E-state index in [1.165, 1.54) is 37.7 Å². The van der Waals surface area contributed by atoms with Gasteiger partial charge in [0.25, 0.3) is 0 Å². The number of rotatable bonds is 10. The number of ether oxygens (including phenoxy) is 1. The Morgan fingerprint density at radius 3 is 2.25 bits per heavy atom. The van der Waals surface area contributed by atoms with Crippen molar-refractivity contribution in [1.29, 1.82) is 0 Å². The van der Waals surface area contributed by atoms with Gasteiger partial charge in [0.05, 0.1) is 0 Å². The summed E-state index contributed by atoms with van der Waals surface area (Å²) < 4.78 is 5.92. The molecule has 2 heterocycles. The van der Waals surface area contributed by atoms with Gasteiger partial charge in [-0.3, -0.25) is 9.59 Å². The molecule has 0 unspecified atom stereocenters. The van der Waals surface area contributed by atoms with Crippen LogP contribution in [0.15, 0.2) is 54.6 Å². The highest BCUT2D eigenvalue weighted by molar-refractivity contribution is 6.00. The molecular weight excluding hydrogens is 522 g/mol. The Kier molecular flexibility index (Phi) is 10.9. The van der Waals surface area contributed by atoms with Crippen LogP contribution in [0.2, 0.25) is 0 Å². The van der Waals surface area contributed by atoms with E-state index in [1.807, 2.05) is 47.4 Å². The van der Waals surface area contributed by atoms with E-state index in [1.54, 1.807) is 0 Å². The minimum atomic E-state index is -0.678. The van der Waals surface area contributed by atoms with Crippen LogP contribution in [0.5, 0.6) is 11.5 Å². The van der Waals surface area contributed by atoms with Crippen molar-refractivity contribution in [2.75, 3.05) is 26.2 Å². The van der Waals surface area contributed by atoms with E-state index in [0.29, 0.717) is 25.3 Å². The Hall–Kier alpha value is -2.57. The number of hydrogen-bond donors (Lipinski definition) is 1. The molecule has 218 valence electrons. The van der Waals surface area contributed by atoms with Crippen molar-refractivity contribution in [3.05, 3.63) is 60.2 Å². The molecule has 2 aromatic rings. The Bertz CT molecular complexity index is 1080. The van der Waals surface area contributed by atoms with Crippen LogP contribution in [0.4, 0.5) is 0 Å². The minimum Gasteiger partial charge on any atom is -0.457 e. The Morgan fingerprint density at radius 1 is 0.900 bits per heavy atom. The maximum Gasteiger partial charge on any atom is 0.246 e. The number of para-hydroxylation sites is 1. The summed E-state index contributed by atoms with van der Waals surface area (Å²) in [5.41, 5.74) is 0.596. The van der Waals surface area contributed by atoms with Gasteiger partial charge in [0.2, 0.25) is 11.8 Å². The summed E-state index contributed by atoms with van der Waals surface area (Å²) in [5, 5.41) is 3.22. The summed E-state index contributed by atoms with van der Waals surface area (Å²) in [4.78, 5) is 31.9. The van der Waals surface area contributed by atoms with Crippen LogP contribution in [-0.4, -0.2) is 59.4 Å². The zero-order valence-electron chi connectivity index (χ0n) is 24.0. The molecule has 3 fully saturated rings. The lowest BCUT2D eigenvalue weighted by Gasteiger charge is -2.52. The highest BCUT2D eigenvalue weighted by Crippen LogP contribution is 2.36. The van der Waals surface area contributed by atoms with E-state index >= 15 is 0 Å². The van der Waals surface area contributed by atoms with Crippen molar-refractivity contribution in [2.45, 2.75) is 89.1 Å². The SMILES string of the molecule is CCCCN1C(=O)[C@H](CC2CCCCC2)NC(=O)C12CCN(CCc1ccc(Oc3ccccc3)cc1)CC2.Cl. The van der Waals surface area contributed by atoms with Crippen LogP contribution in [-0.2, 0) is 16.0 Å². The van der Waals surface area contributed by atoms with E-state index < -0.39 is 5.54 Å². The second-order valence-electron chi connectivity index (χ2n) is 11.8. The third-order valence-corrected chi connectivity index (χ3v) is 9.14. The molecule has 2 saturated heterocycles. The number of nitrogens with one attached hydrogen (secondary N) is 1. The fourth-order valence-corrected chi connectivity index (χ4v) is 6.71. The molecule has 5 rings (SSSR count). The van der Waals surface area contributed by atoms with Gasteiger partial charge >= 0.3 is 0 Å². The number of piperidine rings is 1. The first-order valence-electron chi connectivity index (χ1n) is 15.2. The fourth-order valence-electron chi connectivity index (χ4n) is 6.71. The molecule has 0 aromatic heterocycles. The molecule has 6 nitrogen and oxygen atoms in total. The van der Waals surface area contributed by atoms with E-state index in [-0.39, 0.29) is 30.3 Å². The monoisotopic (exact) mass is 567 g/mol. The summed E-state index contributed by atoms with van der Waals surface area (Å²) in [6.07, 6.45) is 11.4. The number of carbonyl (C=O) groups is 2. The van der Waals surface area contributed by atoms with Gasteiger partial charge in [0.1, 0.15) is 23.1 Å². The van der Waals surface area contributed by atoms with Gasteiger partial charge in [-0.1, -0.05) is 75.8 Å². The Labute approximate surface area is 246 Å². The van der Waals surface area contributed by atoms with Crippen LogP contribution in [0.3, 0.4) is 0 Å². The average Bonchev–Trinajstić information content (AvgIpc) is 2.97. The first-order valence-corrected chi connectivity index (χ1v) is 15.2. The molecule has 2 aliphatic heterocycles. The molecule has 1 aliphatic carbocycles. The molecule has 1 N–H and O–H groups in total. The first kappa shape index (κ1) is 30.4. The maximum atomic E-state index is 13.7. The minimum absolute atomic E-state index is 0. The fraction of sp³-hybridized carbons (Fsp3) is 0.576. The number of carbonyl (C=O) groups excluding carboxylic acids is 2. The van der Waals surface area contributed by atoms with Gasteiger partial charge in [-0.25, -0.2) is 0 Å². The second-order valence-corrected chi connectivity index (χ2v) is 11.8. The zero-order chi connectivity index (χ0) is 27.1. The number of halogens is 1. The summed E-state index contributed by atoms with van der Waals surface area (Å²) in [7, 11) is 0. The standard InChI is InChI=1S/C33H45N3O3.ClH/c1-2-3-21-36-31(37)30(25-27-10-6-4-7-11-27)34-32(38)33(36)19-23-35(24-20-33)22-18-26-14-16-29(17-15-26)39-28-12-8-5-9-13-28;/h5,8-9,12-17,27,30H,2-4,6-7,10-11,18-25H2,1H3,(H,34,38);1H/t30-;/m0./s1. The number of amides is 2. The maximum absolute atomic E-state index is 13.7. The highest BCUT2D eigenvalue weighted by atomic mass is 35.5. The predicted octanol–water partition coefficient (Wildman–Crippen LogP) is 6.38. The molecule has 2 aromatic carbocycles. The van der Waals surface area contributed by atoms with Crippen LogP contribution in [0.1, 0.15) is 76.7 Å². The van der Waals surface area contributed by atoms with E-state index in [0.717, 1.165) is 56.8 Å². The van der Waals surface area contributed by atoms with Gasteiger partial charge in [-0.15, -0.1) is 12.4 Å². The van der Waals surface area contributed by atoms with E-state index in [9.17, 15) is 9.59 Å². The summed E-state index contributed by atoms with van der Waals surface area (Å²) in [5.74, 6) is 2.50. The average molecular weight is 568 g/mol. The van der Waals surface area contributed by atoms with Gasteiger partial charge in [0.15, 0.2) is 0 Å². The molecule has 2 amide bonds. The highest BCUT2D eigenvalue weighted by Gasteiger charge is 2.53. The molecule has 3 aliphatic rings. The van der Waals surface area contributed by atoms with Crippen molar-refractivity contribution in [1.82, 2.24) is 15.1 Å². The van der Waals surface area contributed by atoms with Crippen LogP contribution < -0.4 is 10.1 Å². The molecule has 1 saturated carbocycles. The molecule has 0 radical (unpaired) electrons. The van der Waals surface area contributed by atoms with Gasteiger partial charge in [-0.05, 0) is 67.9 Å². The summed E-state index contributed by atoms with van der Waals surface area (Å²) in [6, 6.07) is 17.8. The number of benzene rings is 2. The molecule has 0 bridgehead atoms. The van der Waals surface area contributed by atoms with Gasteiger partial charge < -0.3 is 19.9 Å². The summed E-state index contributed by atoms with van der Waals surface area (Å²) >= 11 is 0. The molecule has 7 heteroatoms. The van der Waals surface area contributed by atoms with Crippen molar-refractivity contribution >= 4 is 24.2 Å². The smallest absolute Gasteiger partial charge is 0.246 e.